The van der Waals surface area contributed by atoms with Gasteiger partial charge in [-0.25, -0.2) is 0 Å². The van der Waals surface area contributed by atoms with Crippen LogP contribution in [0.1, 0.15) is 27.0 Å². The second-order valence-electron chi connectivity index (χ2n) is 11.1. The zero-order valence-corrected chi connectivity index (χ0v) is 26.3. The predicted octanol–water partition coefficient (Wildman–Crippen LogP) is 6.88. The molecule has 8 heteroatoms. The lowest BCUT2D eigenvalue weighted by atomic mass is 10.1. The molecule has 6 rings (SSSR count). The largest absolute Gasteiger partial charge is 0.369 e. The lowest BCUT2D eigenvalue weighted by Gasteiger charge is -2.36. The Hall–Kier alpha value is -4.04. The summed E-state index contributed by atoms with van der Waals surface area (Å²) in [5.41, 5.74) is 5.61. The van der Waals surface area contributed by atoms with Gasteiger partial charge in [0.05, 0.1) is 17.1 Å². The summed E-state index contributed by atoms with van der Waals surface area (Å²) < 4.78 is 0. The Morgan fingerprint density at radius 3 is 2.48 bits per heavy atom. The standard InChI is InChI=1S/C36H35ClN4O2S/c1-26-7-5-10-28(21-26)25-41-32-23-29(13-14-33(32)44-34(36(41)43)22-27-8-3-2-4-9-27)35(42)38-15-16-39-17-19-40(20-18-39)31-12-6-11-30(37)24-31/h2-14,21-24H,15-20,25H2,1H3,(H,38,42). The van der Waals surface area contributed by atoms with Crippen LogP contribution in [0.3, 0.4) is 0 Å². The molecule has 0 saturated carbocycles. The fourth-order valence-corrected chi connectivity index (χ4v) is 6.86. The smallest absolute Gasteiger partial charge is 0.265 e. The van der Waals surface area contributed by atoms with E-state index in [0.717, 1.165) is 70.7 Å². The molecule has 0 unspecified atom stereocenters. The van der Waals surface area contributed by atoms with Crippen LogP contribution in [0.2, 0.25) is 5.02 Å². The molecule has 0 bridgehead atoms. The van der Waals surface area contributed by atoms with E-state index in [-0.39, 0.29) is 11.8 Å². The van der Waals surface area contributed by atoms with E-state index in [9.17, 15) is 9.59 Å². The van der Waals surface area contributed by atoms with Crippen molar-refractivity contribution in [2.45, 2.75) is 18.4 Å². The zero-order valence-electron chi connectivity index (χ0n) is 24.7. The molecule has 0 aliphatic carbocycles. The van der Waals surface area contributed by atoms with Crippen molar-refractivity contribution < 1.29 is 9.59 Å². The molecule has 2 aliphatic rings. The molecular formula is C36H35ClN4O2S. The average molecular weight is 623 g/mol. The van der Waals surface area contributed by atoms with Gasteiger partial charge in [-0.1, -0.05) is 89.6 Å². The molecule has 1 fully saturated rings. The molecule has 0 aromatic heterocycles. The van der Waals surface area contributed by atoms with Crippen LogP contribution in [-0.2, 0) is 11.3 Å². The normalized spacial score (nSPS) is 16.2. The van der Waals surface area contributed by atoms with Crippen LogP contribution in [0.25, 0.3) is 6.08 Å². The molecular weight excluding hydrogens is 588 g/mol. The van der Waals surface area contributed by atoms with Gasteiger partial charge in [-0.2, -0.15) is 0 Å². The number of aryl methyl sites for hydroxylation is 1. The van der Waals surface area contributed by atoms with Gasteiger partial charge in [0.2, 0.25) is 0 Å². The Morgan fingerprint density at radius 2 is 1.70 bits per heavy atom. The Morgan fingerprint density at radius 1 is 0.909 bits per heavy atom. The monoisotopic (exact) mass is 622 g/mol. The highest BCUT2D eigenvalue weighted by molar-refractivity contribution is 8.04. The number of hydrogen-bond acceptors (Lipinski definition) is 5. The summed E-state index contributed by atoms with van der Waals surface area (Å²) in [6.07, 6.45) is 1.94. The van der Waals surface area contributed by atoms with E-state index in [1.165, 1.54) is 11.8 Å². The Labute approximate surface area is 268 Å². The predicted molar refractivity (Wildman–Crippen MR) is 182 cm³/mol. The first kappa shape index (κ1) is 30.0. The van der Waals surface area contributed by atoms with Gasteiger partial charge >= 0.3 is 0 Å². The van der Waals surface area contributed by atoms with Gasteiger partial charge in [0, 0.05) is 60.4 Å². The minimum Gasteiger partial charge on any atom is -0.369 e. The fourth-order valence-electron chi connectivity index (χ4n) is 5.63. The van der Waals surface area contributed by atoms with Crippen LogP contribution in [0.15, 0.2) is 107 Å². The number of amides is 2. The van der Waals surface area contributed by atoms with E-state index in [1.54, 1.807) is 4.90 Å². The number of nitrogens with zero attached hydrogens (tertiary/aromatic N) is 3. The van der Waals surface area contributed by atoms with Crippen molar-refractivity contribution >= 4 is 52.6 Å². The summed E-state index contributed by atoms with van der Waals surface area (Å²) >= 11 is 7.63. The van der Waals surface area contributed by atoms with Crippen molar-refractivity contribution in [2.24, 2.45) is 0 Å². The summed E-state index contributed by atoms with van der Waals surface area (Å²) in [4.78, 5) is 35.2. The number of rotatable bonds is 8. The molecule has 44 heavy (non-hydrogen) atoms. The molecule has 4 aromatic rings. The first-order chi connectivity index (χ1) is 21.4. The third-order valence-electron chi connectivity index (χ3n) is 7.97. The summed E-state index contributed by atoms with van der Waals surface area (Å²) in [7, 11) is 0. The van der Waals surface area contributed by atoms with Crippen LogP contribution in [0.5, 0.6) is 0 Å². The molecule has 224 valence electrons. The molecule has 2 aliphatic heterocycles. The number of hydrogen-bond donors (Lipinski definition) is 1. The van der Waals surface area contributed by atoms with Crippen LogP contribution < -0.4 is 15.1 Å². The van der Waals surface area contributed by atoms with Crippen LogP contribution in [0.4, 0.5) is 11.4 Å². The summed E-state index contributed by atoms with van der Waals surface area (Å²) in [6, 6.07) is 31.7. The van der Waals surface area contributed by atoms with Gasteiger partial charge < -0.3 is 15.1 Å². The first-order valence-corrected chi connectivity index (χ1v) is 16.1. The fraction of sp³-hybridized carbons (Fsp3) is 0.222. The number of piperazine rings is 1. The molecule has 2 heterocycles. The quantitative estimate of drug-likeness (QED) is 0.217. The van der Waals surface area contributed by atoms with E-state index in [4.69, 9.17) is 11.6 Å². The lowest BCUT2D eigenvalue weighted by Crippen LogP contribution is -2.48. The maximum absolute atomic E-state index is 13.9. The van der Waals surface area contributed by atoms with Gasteiger partial charge in [-0.05, 0) is 60.5 Å². The maximum atomic E-state index is 13.9. The Bertz CT molecular complexity index is 1680. The third-order valence-corrected chi connectivity index (χ3v) is 9.28. The van der Waals surface area contributed by atoms with Crippen molar-refractivity contribution in [3.63, 3.8) is 0 Å². The highest BCUT2D eigenvalue weighted by Gasteiger charge is 2.30. The first-order valence-electron chi connectivity index (χ1n) is 14.9. The molecule has 6 nitrogen and oxygen atoms in total. The van der Waals surface area contributed by atoms with E-state index in [1.807, 2.05) is 97.9 Å². The maximum Gasteiger partial charge on any atom is 0.265 e. The number of carbonyl (C=O) groups excluding carboxylic acids is 2. The summed E-state index contributed by atoms with van der Waals surface area (Å²) in [6.45, 7) is 7.49. The number of anilines is 2. The molecule has 1 N–H and O–H groups in total. The van der Waals surface area contributed by atoms with Gasteiger partial charge in [-0.15, -0.1) is 0 Å². The van der Waals surface area contributed by atoms with Crippen molar-refractivity contribution in [1.82, 2.24) is 10.2 Å². The number of nitrogens with one attached hydrogen (secondary N) is 1. The number of fused-ring (bicyclic) bond motifs is 1. The molecule has 0 radical (unpaired) electrons. The zero-order chi connectivity index (χ0) is 30.5. The Kier molecular flexibility index (Phi) is 9.36. The molecule has 0 spiro atoms. The van der Waals surface area contributed by atoms with Gasteiger partial charge in [-0.3, -0.25) is 14.5 Å². The number of thioether (sulfide) groups is 1. The minimum atomic E-state index is -0.135. The van der Waals surface area contributed by atoms with Gasteiger partial charge in [0.15, 0.2) is 0 Å². The molecule has 2 amide bonds. The van der Waals surface area contributed by atoms with Crippen molar-refractivity contribution in [1.29, 1.82) is 0 Å². The SMILES string of the molecule is Cc1cccc(CN2C(=O)C(=Cc3ccccc3)Sc3ccc(C(=O)NCCN4CCN(c5cccc(Cl)c5)CC4)cc32)c1. The van der Waals surface area contributed by atoms with Crippen molar-refractivity contribution in [3.8, 4) is 0 Å². The summed E-state index contributed by atoms with van der Waals surface area (Å²) in [5, 5.41) is 3.84. The highest BCUT2D eigenvalue weighted by Crippen LogP contribution is 2.43. The second kappa shape index (κ2) is 13.7. The number of benzene rings is 4. The van der Waals surface area contributed by atoms with Crippen LogP contribution in [0, 0.1) is 6.92 Å². The number of carbonyl (C=O) groups is 2. The minimum absolute atomic E-state index is 0.0673. The van der Waals surface area contributed by atoms with E-state index < -0.39 is 0 Å². The van der Waals surface area contributed by atoms with Crippen molar-refractivity contribution in [2.75, 3.05) is 49.1 Å². The molecule has 4 aromatic carbocycles. The molecule has 1 saturated heterocycles. The second-order valence-corrected chi connectivity index (χ2v) is 12.7. The Balaban J connectivity index is 1.13. The highest BCUT2D eigenvalue weighted by atomic mass is 35.5. The van der Waals surface area contributed by atoms with E-state index >= 15 is 0 Å². The van der Waals surface area contributed by atoms with E-state index in [2.05, 4.69) is 27.2 Å². The van der Waals surface area contributed by atoms with E-state index in [0.29, 0.717) is 23.6 Å². The lowest BCUT2D eigenvalue weighted by molar-refractivity contribution is -0.114. The molecule has 0 atom stereocenters. The number of halogens is 1. The van der Waals surface area contributed by atoms with Crippen molar-refractivity contribution in [3.05, 3.63) is 129 Å². The van der Waals surface area contributed by atoms with Crippen LogP contribution in [-0.4, -0.2) is 56.0 Å². The van der Waals surface area contributed by atoms with Gasteiger partial charge in [0.25, 0.3) is 11.8 Å². The summed E-state index contributed by atoms with van der Waals surface area (Å²) in [5.74, 6) is -0.203. The van der Waals surface area contributed by atoms with Gasteiger partial charge in [0.1, 0.15) is 0 Å². The average Bonchev–Trinajstić information content (AvgIpc) is 3.04. The van der Waals surface area contributed by atoms with Crippen LogP contribution >= 0.6 is 23.4 Å². The third kappa shape index (κ3) is 7.18. The topological polar surface area (TPSA) is 55.9 Å².